The van der Waals surface area contributed by atoms with Crippen molar-refractivity contribution in [3.05, 3.63) is 0 Å². The number of halogens is 4. The Bertz CT molecular complexity index is 27.2. The molecule has 0 N–H and O–H groups in total. The van der Waals surface area contributed by atoms with Crippen LogP contribution in [0.4, 0.5) is 0 Å². The maximum atomic E-state index is 5.00. The van der Waals surface area contributed by atoms with E-state index >= 15 is 0 Å². The molecule has 0 aromatic heterocycles. The first kappa shape index (κ1) is 17.4. The molecular weight excluding hydrogens is 486 g/mol. The zero-order chi connectivity index (χ0) is 4.50. The Morgan fingerprint density at radius 2 is 0.857 bits per heavy atom. The van der Waals surface area contributed by atoms with Crippen molar-refractivity contribution in [2.24, 2.45) is 0 Å². The van der Waals surface area contributed by atoms with Crippen LogP contribution in [0.25, 0.3) is 0 Å². The molecule has 0 spiro atoms. The van der Waals surface area contributed by atoms with Crippen molar-refractivity contribution in [2.75, 3.05) is 0 Å². The molecule has 7 heteroatoms. The third-order valence-corrected chi connectivity index (χ3v) is 0. The third kappa shape index (κ3) is 38.5. The Labute approximate surface area is 120 Å². The first-order chi connectivity index (χ1) is 2.00. The molecule has 52 valence electrons. The summed E-state index contributed by atoms with van der Waals surface area (Å²) in [4.78, 5) is 0. The molecular formula is HAgAuCl4K. The van der Waals surface area contributed by atoms with E-state index in [9.17, 15) is 0 Å². The van der Waals surface area contributed by atoms with Gasteiger partial charge < -0.3 is 0 Å². The van der Waals surface area contributed by atoms with Crippen LogP contribution < -0.4 is 0 Å². The van der Waals surface area contributed by atoms with E-state index in [2.05, 4.69) is 0 Å². The molecule has 0 aromatic carbocycles. The Morgan fingerprint density at radius 3 is 0.857 bits per heavy atom. The summed E-state index contributed by atoms with van der Waals surface area (Å²) >= 11 is -3.00. The molecule has 0 fully saturated rings. The fourth-order valence-corrected chi connectivity index (χ4v) is 0. The Balaban J connectivity index is -0.0000000800. The normalized spacial score (nSPS) is 10.9. The average molecular weight is 487 g/mol. The summed E-state index contributed by atoms with van der Waals surface area (Å²) in [6, 6.07) is 0. The van der Waals surface area contributed by atoms with E-state index in [-0.39, 0.29) is 73.8 Å². The van der Waals surface area contributed by atoms with E-state index in [1.54, 1.807) is 0 Å². The fraction of sp³-hybridized carbons (Fsp3) is 0. The van der Waals surface area contributed by atoms with E-state index < -0.39 is 12.8 Å². The van der Waals surface area contributed by atoms with Gasteiger partial charge in [0.2, 0.25) is 0 Å². The van der Waals surface area contributed by atoms with Gasteiger partial charge in [0.1, 0.15) is 0 Å². The van der Waals surface area contributed by atoms with Gasteiger partial charge in [-0.3, -0.25) is 0 Å². The van der Waals surface area contributed by atoms with E-state index in [0.29, 0.717) is 0 Å². The quantitative estimate of drug-likeness (QED) is 0.460. The van der Waals surface area contributed by atoms with Gasteiger partial charge in [0.05, 0.1) is 0 Å². The van der Waals surface area contributed by atoms with Gasteiger partial charge in [-0.25, -0.2) is 0 Å². The molecule has 7 heavy (non-hydrogen) atoms. The van der Waals surface area contributed by atoms with Gasteiger partial charge in [0.25, 0.3) is 0 Å². The molecule has 0 aliphatic carbocycles. The van der Waals surface area contributed by atoms with Crippen LogP contribution in [0.3, 0.4) is 0 Å². The van der Waals surface area contributed by atoms with Gasteiger partial charge >= 0.3 is 101 Å². The van der Waals surface area contributed by atoms with Crippen molar-refractivity contribution >= 4 is 88.1 Å². The summed E-state index contributed by atoms with van der Waals surface area (Å²) in [6.07, 6.45) is 0. The van der Waals surface area contributed by atoms with Gasteiger partial charge in [-0.2, -0.15) is 0 Å². The second-order valence-electron chi connectivity index (χ2n) is 0.258. The molecule has 0 heterocycles. The van der Waals surface area contributed by atoms with Crippen LogP contribution >= 0.6 is 36.8 Å². The fourth-order valence-electron chi connectivity index (χ4n) is 0. The predicted octanol–water partition coefficient (Wildman–Crippen LogP) is 2.10. The average Bonchev–Trinajstić information content (AvgIpc) is 0.722. The van der Waals surface area contributed by atoms with Crippen LogP contribution in [0.5, 0.6) is 0 Å². The molecule has 0 unspecified atom stereocenters. The first-order valence-corrected chi connectivity index (χ1v) is 11.2. The Morgan fingerprint density at radius 1 is 0.857 bits per heavy atom. The number of hydrogen-bond donors (Lipinski definition) is 0. The summed E-state index contributed by atoms with van der Waals surface area (Å²) in [6.45, 7) is 0. The molecule has 0 aliphatic rings. The Kier molecular flexibility index (Phi) is 20.8. The van der Waals surface area contributed by atoms with Crippen molar-refractivity contribution in [1.82, 2.24) is 0 Å². The van der Waals surface area contributed by atoms with Crippen molar-refractivity contribution in [3.8, 4) is 0 Å². The molecule has 0 aromatic rings. The summed E-state index contributed by atoms with van der Waals surface area (Å²) in [5.74, 6) is 0. The van der Waals surface area contributed by atoms with Crippen LogP contribution in [0.15, 0.2) is 0 Å². The van der Waals surface area contributed by atoms with Crippen molar-refractivity contribution in [3.63, 3.8) is 0 Å². The molecule has 0 saturated carbocycles. The van der Waals surface area contributed by atoms with Crippen LogP contribution in [-0.4, -0.2) is 51.4 Å². The molecule has 0 atom stereocenters. The standard InChI is InChI=1S/Ag.Au.4ClH.K.H/h;;4*1H;;/q;+4;;;;;;/p-4. The molecule has 0 saturated heterocycles. The van der Waals surface area contributed by atoms with Crippen LogP contribution in [0.2, 0.25) is 0 Å². The van der Waals surface area contributed by atoms with Crippen molar-refractivity contribution in [1.29, 1.82) is 0 Å². The molecule has 0 rings (SSSR count). The second kappa shape index (κ2) is 8.37. The van der Waals surface area contributed by atoms with Gasteiger partial charge in [-0.15, -0.1) is 0 Å². The summed E-state index contributed by atoms with van der Waals surface area (Å²) in [5, 5.41) is 0. The molecule has 0 nitrogen and oxygen atoms in total. The minimum absolute atomic E-state index is 0. The molecule has 0 amide bonds. The third-order valence-electron chi connectivity index (χ3n) is 0. The summed E-state index contributed by atoms with van der Waals surface area (Å²) < 4.78 is 0. The zero-order valence-corrected chi connectivity index (χ0v) is 8.79. The summed E-state index contributed by atoms with van der Waals surface area (Å²) in [5.41, 5.74) is 0. The SMILES string of the molecule is [Ag].[Cl][Au]([Cl])([Cl])[Cl].[KH]. The van der Waals surface area contributed by atoms with Gasteiger partial charge in [-0.05, 0) is 0 Å². The van der Waals surface area contributed by atoms with Crippen LogP contribution in [0, 0.1) is 0 Å². The van der Waals surface area contributed by atoms with Crippen LogP contribution in [-0.2, 0) is 35.2 Å². The van der Waals surface area contributed by atoms with E-state index in [1.165, 1.54) is 0 Å². The van der Waals surface area contributed by atoms with Crippen molar-refractivity contribution < 1.29 is 35.2 Å². The van der Waals surface area contributed by atoms with Crippen molar-refractivity contribution in [2.45, 2.75) is 0 Å². The predicted molar refractivity (Wildman–Crippen MR) is 30.6 cm³/mol. The first-order valence-electron chi connectivity index (χ1n) is 0.456. The van der Waals surface area contributed by atoms with Crippen LogP contribution in [0.1, 0.15) is 0 Å². The van der Waals surface area contributed by atoms with E-state index in [1.807, 2.05) is 0 Å². The van der Waals surface area contributed by atoms with Gasteiger partial charge in [-0.1, -0.05) is 0 Å². The number of rotatable bonds is 0. The monoisotopic (exact) mass is 484 g/mol. The number of hydrogen-bond acceptors (Lipinski definition) is 0. The Hall–Kier alpha value is 4.28. The van der Waals surface area contributed by atoms with E-state index in [4.69, 9.17) is 36.8 Å². The summed E-state index contributed by atoms with van der Waals surface area (Å²) in [7, 11) is 20.0. The van der Waals surface area contributed by atoms with Gasteiger partial charge in [0, 0.05) is 22.4 Å². The minimum atomic E-state index is -3.00. The topological polar surface area (TPSA) is 0 Å². The van der Waals surface area contributed by atoms with E-state index in [0.717, 1.165) is 0 Å². The molecule has 0 aliphatic heterocycles. The molecule has 0 bridgehead atoms. The second-order valence-corrected chi connectivity index (χ2v) is 19.0. The zero-order valence-electron chi connectivity index (χ0n) is 2.11. The maximum absolute atomic E-state index is 5.00. The molecule has 1 radical (unpaired) electrons. The van der Waals surface area contributed by atoms with Gasteiger partial charge in [0.15, 0.2) is 0 Å².